The zero-order valence-corrected chi connectivity index (χ0v) is 14.0. The van der Waals surface area contributed by atoms with E-state index in [-0.39, 0.29) is 0 Å². The number of hydrogen-bond donors (Lipinski definition) is 0. The van der Waals surface area contributed by atoms with Crippen molar-refractivity contribution in [3.8, 4) is 0 Å². The quantitative estimate of drug-likeness (QED) is 0.700. The molecular weight excluding hydrogens is 295 g/mol. The van der Waals surface area contributed by atoms with Crippen LogP contribution in [0.2, 0.25) is 0 Å². The first-order valence-electron chi connectivity index (χ1n) is 7.63. The van der Waals surface area contributed by atoms with Crippen molar-refractivity contribution in [1.29, 1.82) is 0 Å². The molecule has 0 spiro atoms. The van der Waals surface area contributed by atoms with Crippen molar-refractivity contribution < 1.29 is 14.0 Å². The molecule has 1 unspecified atom stereocenters. The van der Waals surface area contributed by atoms with Crippen LogP contribution in [0.25, 0.3) is 0 Å². The monoisotopic (exact) mass is 318 g/mol. The molecule has 2 aromatic carbocycles. The number of ether oxygens (including phenoxy) is 2. The fourth-order valence-corrected chi connectivity index (χ4v) is 5.32. The van der Waals surface area contributed by atoms with Gasteiger partial charge in [-0.05, 0) is 13.8 Å². The Kier molecular flexibility index (Phi) is 6.38. The van der Waals surface area contributed by atoms with Crippen molar-refractivity contribution in [2.75, 3.05) is 19.8 Å². The zero-order chi connectivity index (χ0) is 15.8. The van der Waals surface area contributed by atoms with Crippen molar-refractivity contribution in [1.82, 2.24) is 0 Å². The van der Waals surface area contributed by atoms with Crippen LogP contribution < -0.4 is 10.6 Å². The van der Waals surface area contributed by atoms with E-state index in [0.29, 0.717) is 19.8 Å². The standard InChI is InChI=1S/C18H23O3P/c1-3-20-15-18(21-4-2)22(19,16-11-7-5-8-12-16)17-13-9-6-10-14-17/h5-14,18H,3-4,15H2,1-2H3. The summed E-state index contributed by atoms with van der Waals surface area (Å²) < 4.78 is 25.4. The molecule has 0 fully saturated rings. The van der Waals surface area contributed by atoms with Gasteiger partial charge in [0, 0.05) is 23.8 Å². The summed E-state index contributed by atoms with van der Waals surface area (Å²) in [5.74, 6) is -0.470. The van der Waals surface area contributed by atoms with Crippen molar-refractivity contribution in [2.24, 2.45) is 0 Å². The molecule has 0 aliphatic heterocycles. The minimum atomic E-state index is -2.93. The van der Waals surface area contributed by atoms with Gasteiger partial charge in [-0.1, -0.05) is 60.7 Å². The van der Waals surface area contributed by atoms with E-state index in [2.05, 4.69) is 0 Å². The fraction of sp³-hybridized carbons (Fsp3) is 0.333. The molecule has 4 heteroatoms. The highest BCUT2D eigenvalue weighted by Crippen LogP contribution is 2.49. The smallest absolute Gasteiger partial charge is 0.172 e. The summed E-state index contributed by atoms with van der Waals surface area (Å²) in [5.41, 5.74) is 0. The van der Waals surface area contributed by atoms with Crippen LogP contribution >= 0.6 is 7.14 Å². The van der Waals surface area contributed by atoms with E-state index in [1.54, 1.807) is 0 Å². The van der Waals surface area contributed by atoms with E-state index in [4.69, 9.17) is 9.47 Å². The minimum Gasteiger partial charge on any atom is -0.379 e. The van der Waals surface area contributed by atoms with E-state index in [0.717, 1.165) is 10.6 Å². The molecule has 0 saturated heterocycles. The van der Waals surface area contributed by atoms with Crippen LogP contribution in [-0.4, -0.2) is 25.7 Å². The summed E-state index contributed by atoms with van der Waals surface area (Å²) in [6, 6.07) is 19.1. The second-order valence-electron chi connectivity index (χ2n) is 4.90. The Bertz CT molecular complexity index is 555. The molecule has 0 N–H and O–H groups in total. The Labute approximate surface area is 132 Å². The molecule has 0 aliphatic carbocycles. The molecule has 3 nitrogen and oxygen atoms in total. The maximum absolute atomic E-state index is 14.0. The van der Waals surface area contributed by atoms with E-state index in [1.807, 2.05) is 74.5 Å². The van der Waals surface area contributed by atoms with Gasteiger partial charge in [-0.3, -0.25) is 0 Å². The third-order valence-electron chi connectivity index (χ3n) is 3.51. The highest BCUT2D eigenvalue weighted by molar-refractivity contribution is 7.79. The minimum absolute atomic E-state index is 0.325. The molecule has 0 saturated carbocycles. The first-order chi connectivity index (χ1) is 10.7. The lowest BCUT2D eigenvalue weighted by Crippen LogP contribution is -2.31. The molecule has 0 amide bonds. The van der Waals surface area contributed by atoms with Gasteiger partial charge in [-0.25, -0.2) is 0 Å². The second-order valence-corrected chi connectivity index (χ2v) is 7.82. The summed E-state index contributed by atoms with van der Waals surface area (Å²) in [5, 5.41) is 1.61. The summed E-state index contributed by atoms with van der Waals surface area (Å²) in [6.45, 7) is 5.25. The average Bonchev–Trinajstić information content (AvgIpc) is 2.59. The molecule has 0 radical (unpaired) electrons. The van der Waals surface area contributed by atoms with Gasteiger partial charge >= 0.3 is 0 Å². The van der Waals surface area contributed by atoms with Gasteiger partial charge in [0.15, 0.2) is 7.14 Å². The van der Waals surface area contributed by atoms with Crippen molar-refractivity contribution in [3.63, 3.8) is 0 Å². The van der Waals surface area contributed by atoms with Crippen LogP contribution in [0.4, 0.5) is 0 Å². The Balaban J connectivity index is 2.51. The van der Waals surface area contributed by atoms with E-state index in [9.17, 15) is 4.57 Å². The fourth-order valence-electron chi connectivity index (χ4n) is 2.45. The molecule has 0 aromatic heterocycles. The number of hydrogen-bond acceptors (Lipinski definition) is 3. The predicted molar refractivity (Wildman–Crippen MR) is 91.7 cm³/mol. The molecule has 1 atom stereocenters. The number of rotatable bonds is 8. The van der Waals surface area contributed by atoms with Crippen molar-refractivity contribution in [3.05, 3.63) is 60.7 Å². The van der Waals surface area contributed by atoms with Gasteiger partial charge in [0.05, 0.1) is 6.61 Å². The van der Waals surface area contributed by atoms with Crippen LogP contribution in [0.15, 0.2) is 60.7 Å². The Morgan fingerprint density at radius 1 is 0.864 bits per heavy atom. The third-order valence-corrected chi connectivity index (χ3v) is 6.75. The highest BCUT2D eigenvalue weighted by atomic mass is 31.2. The van der Waals surface area contributed by atoms with Crippen molar-refractivity contribution >= 4 is 17.8 Å². The van der Waals surface area contributed by atoms with Crippen molar-refractivity contribution in [2.45, 2.75) is 19.7 Å². The lowest BCUT2D eigenvalue weighted by atomic mass is 10.4. The van der Waals surface area contributed by atoms with Gasteiger partial charge in [0.2, 0.25) is 0 Å². The molecule has 0 aliphatic rings. The van der Waals surface area contributed by atoms with Gasteiger partial charge in [-0.15, -0.1) is 0 Å². The Morgan fingerprint density at radius 2 is 1.36 bits per heavy atom. The molecule has 2 rings (SSSR count). The topological polar surface area (TPSA) is 35.5 Å². The lowest BCUT2D eigenvalue weighted by Gasteiger charge is -2.28. The van der Waals surface area contributed by atoms with Crippen LogP contribution in [0.3, 0.4) is 0 Å². The van der Waals surface area contributed by atoms with E-state index in [1.165, 1.54) is 0 Å². The normalized spacial score (nSPS) is 13.0. The second kappa shape index (κ2) is 8.28. The van der Waals surface area contributed by atoms with Crippen LogP contribution in [0, 0.1) is 0 Å². The highest BCUT2D eigenvalue weighted by Gasteiger charge is 2.37. The summed E-state index contributed by atoms with van der Waals surface area (Å²) >= 11 is 0. The maximum atomic E-state index is 14.0. The lowest BCUT2D eigenvalue weighted by molar-refractivity contribution is 0.0340. The molecule has 0 heterocycles. The van der Waals surface area contributed by atoms with Gasteiger partial charge in [0.1, 0.15) is 5.85 Å². The zero-order valence-electron chi connectivity index (χ0n) is 13.1. The van der Waals surface area contributed by atoms with Gasteiger partial charge in [0.25, 0.3) is 0 Å². The molecule has 22 heavy (non-hydrogen) atoms. The summed E-state index contributed by atoms with van der Waals surface area (Å²) in [7, 11) is -2.93. The summed E-state index contributed by atoms with van der Waals surface area (Å²) in [6.07, 6.45) is 0. The molecule has 2 aromatic rings. The van der Waals surface area contributed by atoms with Gasteiger partial charge < -0.3 is 14.0 Å². The molecular formula is C18H23O3P. The Morgan fingerprint density at radius 3 is 1.77 bits per heavy atom. The van der Waals surface area contributed by atoms with Crippen LogP contribution in [0.5, 0.6) is 0 Å². The number of benzene rings is 2. The van der Waals surface area contributed by atoms with Crippen LogP contribution in [-0.2, 0) is 14.0 Å². The van der Waals surface area contributed by atoms with E-state index >= 15 is 0 Å². The molecule has 0 bridgehead atoms. The van der Waals surface area contributed by atoms with Gasteiger partial charge in [-0.2, -0.15) is 0 Å². The average molecular weight is 318 g/mol. The van der Waals surface area contributed by atoms with E-state index < -0.39 is 13.0 Å². The first kappa shape index (κ1) is 17.0. The summed E-state index contributed by atoms with van der Waals surface area (Å²) in [4.78, 5) is 0. The SMILES string of the molecule is CCOCC(OCC)P(=O)(c1ccccc1)c1ccccc1. The predicted octanol–water partition coefficient (Wildman–Crippen LogP) is 3.40. The third kappa shape index (κ3) is 3.67. The first-order valence-corrected chi connectivity index (χ1v) is 9.41. The largest absolute Gasteiger partial charge is 0.379 e. The maximum Gasteiger partial charge on any atom is 0.172 e. The Hall–Kier alpha value is -1.41. The molecule has 118 valence electrons. The van der Waals surface area contributed by atoms with Crippen LogP contribution in [0.1, 0.15) is 13.8 Å².